The summed E-state index contributed by atoms with van der Waals surface area (Å²) >= 11 is 12.1. The maximum absolute atomic E-state index is 15.2. The predicted molar refractivity (Wildman–Crippen MR) is 130 cm³/mol. The lowest BCUT2D eigenvalue weighted by molar-refractivity contribution is -0.136. The second-order valence-corrected chi connectivity index (χ2v) is 8.95. The zero-order valence-electron chi connectivity index (χ0n) is 18.3. The number of carbonyl (C=O) groups is 2. The van der Waals surface area contributed by atoms with Crippen molar-refractivity contribution in [3.05, 3.63) is 87.7 Å². The molecule has 5 nitrogen and oxygen atoms in total. The Labute approximate surface area is 210 Å². The van der Waals surface area contributed by atoms with Crippen LogP contribution in [0, 0.1) is 17.1 Å². The van der Waals surface area contributed by atoms with Crippen molar-refractivity contribution < 1.29 is 18.4 Å². The zero-order chi connectivity index (χ0) is 25.1. The van der Waals surface area contributed by atoms with Gasteiger partial charge in [0.1, 0.15) is 18.3 Å². The molecular weight excluding hydrogens is 495 g/mol. The number of benzene rings is 3. The van der Waals surface area contributed by atoms with Crippen molar-refractivity contribution in [1.82, 2.24) is 4.90 Å². The maximum Gasteiger partial charge on any atom is 0.247 e. The van der Waals surface area contributed by atoms with Crippen molar-refractivity contribution in [3.8, 4) is 17.2 Å². The monoisotopic (exact) mass is 513 g/mol. The molecule has 0 aromatic heterocycles. The molecule has 3 aromatic rings. The van der Waals surface area contributed by atoms with Crippen LogP contribution in [0.2, 0.25) is 10.0 Å². The number of nitrogens with zero attached hydrogens (tertiary/aromatic N) is 2. The molecule has 1 saturated heterocycles. The summed E-state index contributed by atoms with van der Waals surface area (Å²) in [6, 6.07) is 16.6. The van der Waals surface area contributed by atoms with Gasteiger partial charge in [-0.05, 0) is 29.8 Å². The van der Waals surface area contributed by atoms with Crippen LogP contribution in [0.15, 0.2) is 60.7 Å². The summed E-state index contributed by atoms with van der Waals surface area (Å²) in [5.74, 6) is -1.86. The number of alkyl halides is 1. The molecule has 178 valence electrons. The molecule has 2 atom stereocenters. The molecule has 0 unspecified atom stereocenters. The highest BCUT2D eigenvalue weighted by Gasteiger charge is 2.40. The van der Waals surface area contributed by atoms with E-state index < -0.39 is 29.8 Å². The fourth-order valence-corrected chi connectivity index (χ4v) is 4.48. The summed E-state index contributed by atoms with van der Waals surface area (Å²) in [6.07, 6.45) is -1.74. The molecule has 3 aromatic carbocycles. The number of likely N-dealkylation sites (tertiary alicyclic amines) is 1. The van der Waals surface area contributed by atoms with Crippen LogP contribution in [0.3, 0.4) is 0 Å². The van der Waals surface area contributed by atoms with Crippen LogP contribution in [0.5, 0.6) is 0 Å². The number of carbonyl (C=O) groups excluding carboxylic acids is 2. The number of nitriles is 1. The molecule has 9 heteroatoms. The van der Waals surface area contributed by atoms with Gasteiger partial charge in [0, 0.05) is 22.6 Å². The first-order valence-electron chi connectivity index (χ1n) is 10.7. The maximum atomic E-state index is 15.2. The number of amides is 2. The Morgan fingerprint density at radius 2 is 1.80 bits per heavy atom. The Morgan fingerprint density at radius 3 is 2.54 bits per heavy atom. The third kappa shape index (κ3) is 5.29. The van der Waals surface area contributed by atoms with E-state index in [9.17, 15) is 14.0 Å². The molecule has 1 aliphatic rings. The number of anilines is 1. The van der Waals surface area contributed by atoms with Crippen LogP contribution >= 0.6 is 23.2 Å². The third-order valence-corrected chi connectivity index (χ3v) is 6.46. The molecule has 1 N–H and O–H groups in total. The lowest BCUT2D eigenvalue weighted by Crippen LogP contribution is -2.44. The second kappa shape index (κ2) is 10.4. The summed E-state index contributed by atoms with van der Waals surface area (Å²) in [7, 11) is 0. The average Bonchev–Trinajstić information content (AvgIpc) is 3.24. The number of hydrogen-bond acceptors (Lipinski definition) is 3. The minimum atomic E-state index is -1.39. The van der Waals surface area contributed by atoms with E-state index in [0.717, 1.165) is 4.90 Å². The van der Waals surface area contributed by atoms with Crippen LogP contribution in [0.4, 0.5) is 14.5 Å². The minimum Gasteiger partial charge on any atom is -0.327 e. The van der Waals surface area contributed by atoms with Gasteiger partial charge in [-0.15, -0.1) is 0 Å². The molecule has 1 aliphatic heterocycles. The normalized spacial score (nSPS) is 17.2. The van der Waals surface area contributed by atoms with Gasteiger partial charge in [0.25, 0.3) is 0 Å². The van der Waals surface area contributed by atoms with Crippen LogP contribution in [0.25, 0.3) is 11.1 Å². The van der Waals surface area contributed by atoms with E-state index in [1.54, 1.807) is 36.4 Å². The van der Waals surface area contributed by atoms with E-state index in [4.69, 9.17) is 28.5 Å². The first-order chi connectivity index (χ1) is 16.8. The van der Waals surface area contributed by atoms with Gasteiger partial charge in [-0.1, -0.05) is 59.6 Å². The lowest BCUT2D eigenvalue weighted by Gasteiger charge is -2.24. The Hall–Kier alpha value is -3.47. The van der Waals surface area contributed by atoms with E-state index in [1.807, 2.05) is 6.07 Å². The lowest BCUT2D eigenvalue weighted by atomic mass is 10.0. The Balaban J connectivity index is 1.53. The summed E-state index contributed by atoms with van der Waals surface area (Å²) in [6.45, 7) is -0.252. The standard InChI is InChI=1S/C26H19Cl2F2N3O2/c27-20-9-8-15(10-16(20)13-31)11-24(34)33-14-17(29)12-23(33)26(35)32-22-7-3-5-19(25(22)30)18-4-1-2-6-21(18)28/h1-10,17,23H,11-12,14H2,(H,32,35)/t17-,23+/m1/s1. The van der Waals surface area contributed by atoms with Crippen LogP contribution in [-0.2, 0) is 16.0 Å². The first-order valence-corrected chi connectivity index (χ1v) is 11.5. The molecule has 0 bridgehead atoms. The van der Waals surface area contributed by atoms with E-state index in [2.05, 4.69) is 5.32 Å². The van der Waals surface area contributed by atoms with Crippen LogP contribution < -0.4 is 5.32 Å². The first kappa shape index (κ1) is 24.6. The molecule has 0 saturated carbocycles. The van der Waals surface area contributed by atoms with Crippen molar-refractivity contribution in [2.75, 3.05) is 11.9 Å². The Morgan fingerprint density at radius 1 is 1.06 bits per heavy atom. The van der Waals surface area contributed by atoms with Crippen molar-refractivity contribution in [2.45, 2.75) is 25.1 Å². The third-order valence-electron chi connectivity index (χ3n) is 5.80. The van der Waals surface area contributed by atoms with Gasteiger partial charge in [0.2, 0.25) is 11.8 Å². The molecule has 0 spiro atoms. The number of rotatable bonds is 5. The van der Waals surface area contributed by atoms with Gasteiger partial charge in [0.05, 0.1) is 29.2 Å². The van der Waals surface area contributed by atoms with Gasteiger partial charge in [-0.25, -0.2) is 8.78 Å². The Bertz CT molecular complexity index is 1340. The smallest absolute Gasteiger partial charge is 0.247 e. The number of hydrogen-bond donors (Lipinski definition) is 1. The summed E-state index contributed by atoms with van der Waals surface area (Å²) in [5, 5.41) is 12.2. The number of halogens is 4. The highest BCUT2D eigenvalue weighted by molar-refractivity contribution is 6.33. The fourth-order valence-electron chi connectivity index (χ4n) is 4.09. The predicted octanol–water partition coefficient (Wildman–Crippen LogP) is 5.79. The second-order valence-electron chi connectivity index (χ2n) is 8.13. The summed E-state index contributed by atoms with van der Waals surface area (Å²) in [5.41, 5.74) is 1.29. The van der Waals surface area contributed by atoms with E-state index >= 15 is 4.39 Å². The molecule has 1 fully saturated rings. The Kier molecular flexibility index (Phi) is 7.34. The molecule has 0 aliphatic carbocycles. The van der Waals surface area contributed by atoms with E-state index in [-0.39, 0.29) is 41.2 Å². The van der Waals surface area contributed by atoms with Crippen LogP contribution in [-0.4, -0.2) is 35.5 Å². The molecule has 0 radical (unpaired) electrons. The minimum absolute atomic E-state index is 0.0986. The topological polar surface area (TPSA) is 73.2 Å². The molecule has 4 rings (SSSR count). The summed E-state index contributed by atoms with van der Waals surface area (Å²) in [4.78, 5) is 27.1. The molecule has 1 heterocycles. The molecular formula is C26H19Cl2F2N3O2. The van der Waals surface area contributed by atoms with E-state index in [1.165, 1.54) is 24.3 Å². The van der Waals surface area contributed by atoms with Gasteiger partial charge in [-0.2, -0.15) is 5.26 Å². The zero-order valence-corrected chi connectivity index (χ0v) is 19.8. The average molecular weight is 514 g/mol. The SMILES string of the molecule is N#Cc1cc(CC(=O)N2C[C@H](F)C[C@H]2C(=O)Nc2cccc(-c3ccccc3Cl)c2F)ccc1Cl. The highest BCUT2D eigenvalue weighted by Crippen LogP contribution is 2.33. The van der Waals surface area contributed by atoms with Gasteiger partial charge < -0.3 is 10.2 Å². The van der Waals surface area contributed by atoms with Crippen molar-refractivity contribution in [3.63, 3.8) is 0 Å². The van der Waals surface area contributed by atoms with Gasteiger partial charge in [0.15, 0.2) is 5.82 Å². The largest absolute Gasteiger partial charge is 0.327 e. The van der Waals surface area contributed by atoms with Gasteiger partial charge in [-0.3, -0.25) is 9.59 Å². The van der Waals surface area contributed by atoms with Gasteiger partial charge >= 0.3 is 0 Å². The molecule has 35 heavy (non-hydrogen) atoms. The van der Waals surface area contributed by atoms with Crippen molar-refractivity contribution in [1.29, 1.82) is 5.26 Å². The van der Waals surface area contributed by atoms with Crippen LogP contribution in [0.1, 0.15) is 17.5 Å². The van der Waals surface area contributed by atoms with E-state index in [0.29, 0.717) is 16.1 Å². The number of nitrogens with one attached hydrogen (secondary N) is 1. The fraction of sp³-hybridized carbons (Fsp3) is 0.192. The highest BCUT2D eigenvalue weighted by atomic mass is 35.5. The molecule has 2 amide bonds. The van der Waals surface area contributed by atoms with Crippen molar-refractivity contribution >= 4 is 40.7 Å². The quantitative estimate of drug-likeness (QED) is 0.469. The summed E-state index contributed by atoms with van der Waals surface area (Å²) < 4.78 is 29.5. The van der Waals surface area contributed by atoms with Crippen molar-refractivity contribution in [2.24, 2.45) is 0 Å².